The van der Waals surface area contributed by atoms with E-state index in [4.69, 9.17) is 0 Å². The van der Waals surface area contributed by atoms with Crippen LogP contribution in [0.25, 0.3) is 5.69 Å². The fourth-order valence-corrected chi connectivity index (χ4v) is 1.65. The number of nitrogens with one attached hydrogen (secondary N) is 2. The lowest BCUT2D eigenvalue weighted by molar-refractivity contribution is 0.252. The molecular formula is C13H16FN5O. The molecule has 7 heteroatoms. The number of amides is 2. The van der Waals surface area contributed by atoms with Gasteiger partial charge in [-0.25, -0.2) is 13.9 Å². The zero-order valence-electron chi connectivity index (χ0n) is 11.4. The molecular weight excluding hydrogens is 261 g/mol. The maximum Gasteiger partial charge on any atom is 0.319 e. The minimum Gasteiger partial charge on any atom is -0.338 e. The summed E-state index contributed by atoms with van der Waals surface area (Å²) in [4.78, 5) is 15.4. The number of halogens is 1. The fourth-order valence-electron chi connectivity index (χ4n) is 1.65. The van der Waals surface area contributed by atoms with Crippen LogP contribution >= 0.6 is 0 Å². The second-order valence-electron chi connectivity index (χ2n) is 4.32. The molecule has 0 radical (unpaired) electrons. The van der Waals surface area contributed by atoms with E-state index in [2.05, 4.69) is 20.7 Å². The molecule has 20 heavy (non-hydrogen) atoms. The number of anilines is 1. The van der Waals surface area contributed by atoms with Gasteiger partial charge >= 0.3 is 6.03 Å². The Bertz CT molecular complexity index is 611. The van der Waals surface area contributed by atoms with Crippen LogP contribution in [0.4, 0.5) is 14.9 Å². The zero-order chi connectivity index (χ0) is 14.5. The average molecular weight is 277 g/mol. The zero-order valence-corrected chi connectivity index (χ0v) is 11.4. The SMILES string of the molecule is CCCNC(=O)Nc1cn(-c2cncc(F)c2)nc1C. The summed E-state index contributed by atoms with van der Waals surface area (Å²) in [5, 5.41) is 9.63. The Labute approximate surface area is 116 Å². The van der Waals surface area contributed by atoms with Gasteiger partial charge in [0.1, 0.15) is 5.82 Å². The number of urea groups is 1. The van der Waals surface area contributed by atoms with Gasteiger partial charge in [0.25, 0.3) is 0 Å². The Balaban J connectivity index is 2.15. The summed E-state index contributed by atoms with van der Waals surface area (Å²) in [6.45, 7) is 4.34. The van der Waals surface area contributed by atoms with Crippen LogP contribution in [0, 0.1) is 12.7 Å². The van der Waals surface area contributed by atoms with E-state index in [1.165, 1.54) is 16.9 Å². The molecule has 2 N–H and O–H groups in total. The second kappa shape index (κ2) is 6.14. The highest BCUT2D eigenvalue weighted by atomic mass is 19.1. The largest absolute Gasteiger partial charge is 0.338 e. The van der Waals surface area contributed by atoms with Crippen LogP contribution < -0.4 is 10.6 Å². The number of hydrogen-bond acceptors (Lipinski definition) is 3. The van der Waals surface area contributed by atoms with Crippen LogP contribution in [0.2, 0.25) is 0 Å². The number of pyridine rings is 1. The standard InChI is InChI=1S/C13H16FN5O/c1-3-4-16-13(20)17-12-8-19(18-9(12)2)11-5-10(14)6-15-7-11/h5-8H,3-4H2,1-2H3,(H2,16,17,20). The minimum absolute atomic E-state index is 0.285. The third-order valence-electron chi connectivity index (χ3n) is 2.64. The first-order valence-corrected chi connectivity index (χ1v) is 6.32. The molecule has 0 spiro atoms. The molecule has 0 saturated carbocycles. The quantitative estimate of drug-likeness (QED) is 0.900. The summed E-state index contributed by atoms with van der Waals surface area (Å²) in [7, 11) is 0. The first-order valence-electron chi connectivity index (χ1n) is 6.32. The topological polar surface area (TPSA) is 71.8 Å². The molecule has 0 aromatic carbocycles. The summed E-state index contributed by atoms with van der Waals surface area (Å²) in [5.41, 5.74) is 1.71. The third kappa shape index (κ3) is 3.31. The van der Waals surface area contributed by atoms with E-state index in [9.17, 15) is 9.18 Å². The van der Waals surface area contributed by atoms with E-state index >= 15 is 0 Å². The van der Waals surface area contributed by atoms with Crippen LogP contribution in [0.1, 0.15) is 19.0 Å². The Hall–Kier alpha value is -2.44. The van der Waals surface area contributed by atoms with Gasteiger partial charge in [0.05, 0.1) is 35.7 Å². The van der Waals surface area contributed by atoms with Crippen LogP contribution in [0.15, 0.2) is 24.7 Å². The highest BCUT2D eigenvalue weighted by Crippen LogP contribution is 2.16. The third-order valence-corrected chi connectivity index (χ3v) is 2.64. The molecule has 2 heterocycles. The smallest absolute Gasteiger partial charge is 0.319 e. The first-order chi connectivity index (χ1) is 9.60. The van der Waals surface area contributed by atoms with E-state index in [0.29, 0.717) is 23.6 Å². The highest BCUT2D eigenvalue weighted by molar-refractivity contribution is 5.89. The van der Waals surface area contributed by atoms with Crippen molar-refractivity contribution in [1.82, 2.24) is 20.1 Å². The lowest BCUT2D eigenvalue weighted by Crippen LogP contribution is -2.29. The van der Waals surface area contributed by atoms with Gasteiger partial charge in [0, 0.05) is 12.6 Å². The molecule has 2 amide bonds. The van der Waals surface area contributed by atoms with Crippen molar-refractivity contribution in [3.05, 3.63) is 36.2 Å². The molecule has 106 valence electrons. The van der Waals surface area contributed by atoms with Crippen LogP contribution in [0.5, 0.6) is 0 Å². The molecule has 2 aromatic rings. The Morgan fingerprint density at radius 3 is 2.95 bits per heavy atom. The fraction of sp³-hybridized carbons (Fsp3) is 0.308. The number of rotatable bonds is 4. The predicted molar refractivity (Wildman–Crippen MR) is 73.4 cm³/mol. The van der Waals surface area contributed by atoms with Crippen molar-refractivity contribution < 1.29 is 9.18 Å². The predicted octanol–water partition coefficient (Wildman–Crippen LogP) is 2.25. The number of hydrogen-bond donors (Lipinski definition) is 2. The van der Waals surface area contributed by atoms with Crippen molar-refractivity contribution in [3.63, 3.8) is 0 Å². The summed E-state index contributed by atoms with van der Waals surface area (Å²) in [6.07, 6.45) is 5.10. The number of aryl methyl sites for hydroxylation is 1. The van der Waals surface area contributed by atoms with E-state index in [0.717, 1.165) is 12.6 Å². The maximum absolute atomic E-state index is 13.1. The summed E-state index contributed by atoms with van der Waals surface area (Å²) < 4.78 is 14.6. The van der Waals surface area contributed by atoms with Gasteiger partial charge in [-0.2, -0.15) is 5.10 Å². The lowest BCUT2D eigenvalue weighted by Gasteiger charge is -2.04. The normalized spacial score (nSPS) is 10.3. The van der Waals surface area contributed by atoms with E-state index in [1.54, 1.807) is 13.1 Å². The molecule has 0 bridgehead atoms. The van der Waals surface area contributed by atoms with Gasteiger partial charge in [-0.05, 0) is 13.3 Å². The van der Waals surface area contributed by atoms with Crippen molar-refractivity contribution in [1.29, 1.82) is 0 Å². The Kier molecular flexibility index (Phi) is 4.29. The molecule has 2 aromatic heterocycles. The number of carbonyl (C=O) groups excluding carboxylic acids is 1. The van der Waals surface area contributed by atoms with Gasteiger partial charge in [-0.3, -0.25) is 4.98 Å². The molecule has 0 fully saturated rings. The molecule has 6 nitrogen and oxygen atoms in total. The second-order valence-corrected chi connectivity index (χ2v) is 4.32. The number of carbonyl (C=O) groups is 1. The molecule has 0 atom stereocenters. The lowest BCUT2D eigenvalue weighted by atomic mass is 10.4. The van der Waals surface area contributed by atoms with E-state index in [1.807, 2.05) is 6.92 Å². The van der Waals surface area contributed by atoms with Crippen molar-refractivity contribution in [3.8, 4) is 5.69 Å². The minimum atomic E-state index is -0.439. The summed E-state index contributed by atoms with van der Waals surface area (Å²) >= 11 is 0. The summed E-state index contributed by atoms with van der Waals surface area (Å²) in [6, 6.07) is 1.03. The van der Waals surface area contributed by atoms with Crippen molar-refractivity contribution in [2.75, 3.05) is 11.9 Å². The molecule has 0 unspecified atom stereocenters. The van der Waals surface area contributed by atoms with Crippen molar-refractivity contribution >= 4 is 11.7 Å². The van der Waals surface area contributed by atoms with E-state index in [-0.39, 0.29) is 6.03 Å². The molecule has 0 aliphatic heterocycles. The van der Waals surface area contributed by atoms with Gasteiger partial charge in [0.15, 0.2) is 0 Å². The monoisotopic (exact) mass is 277 g/mol. The highest BCUT2D eigenvalue weighted by Gasteiger charge is 2.09. The van der Waals surface area contributed by atoms with Gasteiger partial charge in [0.2, 0.25) is 0 Å². The van der Waals surface area contributed by atoms with Crippen LogP contribution in [-0.2, 0) is 0 Å². The molecule has 0 aliphatic carbocycles. The average Bonchev–Trinajstić information content (AvgIpc) is 2.78. The van der Waals surface area contributed by atoms with Gasteiger partial charge in [-0.1, -0.05) is 6.92 Å². The Morgan fingerprint density at radius 1 is 1.45 bits per heavy atom. The molecule has 2 rings (SSSR count). The van der Waals surface area contributed by atoms with Crippen molar-refractivity contribution in [2.45, 2.75) is 20.3 Å². The number of nitrogens with zero attached hydrogens (tertiary/aromatic N) is 3. The van der Waals surface area contributed by atoms with Crippen LogP contribution in [0.3, 0.4) is 0 Å². The van der Waals surface area contributed by atoms with Crippen molar-refractivity contribution in [2.24, 2.45) is 0 Å². The Morgan fingerprint density at radius 2 is 2.25 bits per heavy atom. The summed E-state index contributed by atoms with van der Waals surface area (Å²) in [5.74, 6) is -0.439. The van der Waals surface area contributed by atoms with Crippen LogP contribution in [-0.4, -0.2) is 27.3 Å². The number of aromatic nitrogens is 3. The molecule has 0 saturated heterocycles. The van der Waals surface area contributed by atoms with E-state index < -0.39 is 5.82 Å². The van der Waals surface area contributed by atoms with Gasteiger partial charge < -0.3 is 10.6 Å². The molecule has 0 aliphatic rings. The maximum atomic E-state index is 13.1. The van der Waals surface area contributed by atoms with Gasteiger partial charge in [-0.15, -0.1) is 0 Å². The first kappa shape index (κ1) is 14.0.